The molecule has 1 fully saturated rings. The molecule has 2 aromatic carbocycles. The molecule has 1 heterocycles. The second kappa shape index (κ2) is 6.78. The smallest absolute Gasteiger partial charge is 0.335 e. The van der Waals surface area contributed by atoms with E-state index >= 15 is 0 Å². The number of ketones is 1. The zero-order chi connectivity index (χ0) is 18.0. The van der Waals surface area contributed by atoms with Gasteiger partial charge in [-0.1, -0.05) is 36.4 Å². The molecule has 2 aromatic rings. The predicted molar refractivity (Wildman–Crippen MR) is 91.1 cm³/mol. The number of hydrogen-bond donors (Lipinski definition) is 1. The molecule has 1 aliphatic rings. The molecular formula is C18H17NO5S. The van der Waals surface area contributed by atoms with Crippen molar-refractivity contribution in [2.24, 2.45) is 0 Å². The van der Waals surface area contributed by atoms with Crippen molar-refractivity contribution in [2.45, 2.75) is 23.8 Å². The quantitative estimate of drug-likeness (QED) is 0.828. The Balaban J connectivity index is 1.95. The molecule has 0 aromatic heterocycles. The summed E-state index contributed by atoms with van der Waals surface area (Å²) in [5.74, 6) is -1.44. The van der Waals surface area contributed by atoms with Crippen molar-refractivity contribution in [3.63, 3.8) is 0 Å². The molecule has 1 atom stereocenters. The van der Waals surface area contributed by atoms with Crippen molar-refractivity contribution in [2.75, 3.05) is 6.54 Å². The van der Waals surface area contributed by atoms with Crippen LogP contribution in [0.4, 0.5) is 0 Å². The van der Waals surface area contributed by atoms with Gasteiger partial charge in [0.1, 0.15) is 0 Å². The van der Waals surface area contributed by atoms with E-state index in [0.717, 1.165) is 6.07 Å². The fourth-order valence-corrected chi connectivity index (χ4v) is 4.71. The van der Waals surface area contributed by atoms with E-state index in [9.17, 15) is 18.0 Å². The van der Waals surface area contributed by atoms with Gasteiger partial charge in [0.2, 0.25) is 10.0 Å². The maximum Gasteiger partial charge on any atom is 0.335 e. The lowest BCUT2D eigenvalue weighted by Gasteiger charge is -2.23. The van der Waals surface area contributed by atoms with E-state index in [-0.39, 0.29) is 22.8 Å². The van der Waals surface area contributed by atoms with E-state index in [1.165, 1.54) is 22.5 Å². The fraction of sp³-hybridized carbons (Fsp3) is 0.222. The third kappa shape index (κ3) is 3.33. The van der Waals surface area contributed by atoms with Crippen molar-refractivity contribution < 1.29 is 23.1 Å². The van der Waals surface area contributed by atoms with Crippen LogP contribution in [0.15, 0.2) is 59.5 Å². The van der Waals surface area contributed by atoms with Crippen LogP contribution in [0.1, 0.15) is 33.6 Å². The number of aromatic carboxylic acids is 1. The number of carbonyl (C=O) groups excluding carboxylic acids is 1. The van der Waals surface area contributed by atoms with Crippen LogP contribution in [0, 0.1) is 0 Å². The van der Waals surface area contributed by atoms with Gasteiger partial charge in [-0.3, -0.25) is 4.79 Å². The molecule has 7 heteroatoms. The van der Waals surface area contributed by atoms with Crippen LogP contribution in [-0.2, 0) is 10.0 Å². The Hall–Kier alpha value is -2.51. The average molecular weight is 359 g/mol. The highest BCUT2D eigenvalue weighted by atomic mass is 32.2. The summed E-state index contributed by atoms with van der Waals surface area (Å²) in [6, 6.07) is 13.0. The summed E-state index contributed by atoms with van der Waals surface area (Å²) < 4.78 is 27.1. The summed E-state index contributed by atoms with van der Waals surface area (Å²) in [7, 11) is -3.95. The molecule has 1 N–H and O–H groups in total. The van der Waals surface area contributed by atoms with Crippen LogP contribution in [0.25, 0.3) is 0 Å². The zero-order valence-corrected chi connectivity index (χ0v) is 14.1. The van der Waals surface area contributed by atoms with Crippen molar-refractivity contribution in [3.05, 3.63) is 65.7 Å². The largest absolute Gasteiger partial charge is 0.478 e. The lowest BCUT2D eigenvalue weighted by molar-refractivity contribution is 0.0696. The minimum atomic E-state index is -3.95. The monoisotopic (exact) mass is 359 g/mol. The lowest BCUT2D eigenvalue weighted by atomic mass is 10.0. The molecule has 0 spiro atoms. The minimum absolute atomic E-state index is 0.105. The highest BCUT2D eigenvalue weighted by Gasteiger charge is 2.39. The third-order valence-electron chi connectivity index (χ3n) is 4.25. The molecule has 25 heavy (non-hydrogen) atoms. The second-order valence-electron chi connectivity index (χ2n) is 5.84. The van der Waals surface area contributed by atoms with E-state index in [2.05, 4.69) is 0 Å². The number of sulfonamides is 1. The first-order chi connectivity index (χ1) is 11.9. The molecule has 1 aliphatic heterocycles. The molecule has 0 bridgehead atoms. The maximum atomic E-state index is 12.9. The van der Waals surface area contributed by atoms with Crippen LogP contribution in [0.3, 0.4) is 0 Å². The number of carboxylic acids is 1. The number of nitrogens with zero attached hydrogens (tertiary/aromatic N) is 1. The van der Waals surface area contributed by atoms with Gasteiger partial charge in [0.05, 0.1) is 16.5 Å². The molecule has 0 amide bonds. The highest BCUT2D eigenvalue weighted by molar-refractivity contribution is 7.89. The average Bonchev–Trinajstić information content (AvgIpc) is 3.12. The van der Waals surface area contributed by atoms with Gasteiger partial charge in [-0.15, -0.1) is 0 Å². The molecule has 1 unspecified atom stereocenters. The van der Waals surface area contributed by atoms with E-state index in [1.54, 1.807) is 30.3 Å². The number of carboxylic acid groups (broad SMARTS) is 1. The number of Topliss-reactive ketones (excluding diaryl/α,β-unsaturated/α-hetero) is 1. The van der Waals surface area contributed by atoms with E-state index in [1.807, 2.05) is 0 Å². The fourth-order valence-electron chi connectivity index (χ4n) is 3.01. The minimum Gasteiger partial charge on any atom is -0.478 e. The summed E-state index contributed by atoms with van der Waals surface area (Å²) in [6.45, 7) is 0.239. The SMILES string of the molecule is O=C(O)c1cccc(S(=O)(=O)N2CCCC2C(=O)c2ccccc2)c1. The summed E-state index contributed by atoms with van der Waals surface area (Å²) in [5.41, 5.74) is 0.361. The van der Waals surface area contributed by atoms with Gasteiger partial charge < -0.3 is 5.11 Å². The second-order valence-corrected chi connectivity index (χ2v) is 7.73. The highest BCUT2D eigenvalue weighted by Crippen LogP contribution is 2.28. The van der Waals surface area contributed by atoms with E-state index < -0.39 is 22.0 Å². The lowest BCUT2D eigenvalue weighted by Crippen LogP contribution is -2.40. The Labute approximate surface area is 145 Å². The molecule has 3 rings (SSSR count). The first-order valence-corrected chi connectivity index (χ1v) is 9.30. The van der Waals surface area contributed by atoms with Crippen LogP contribution < -0.4 is 0 Å². The Morgan fingerprint density at radius 3 is 2.36 bits per heavy atom. The summed E-state index contributed by atoms with van der Waals surface area (Å²) in [6.07, 6.45) is 1.03. The topological polar surface area (TPSA) is 91.8 Å². The van der Waals surface area contributed by atoms with E-state index in [4.69, 9.17) is 5.11 Å². The van der Waals surface area contributed by atoms with Gasteiger partial charge in [0, 0.05) is 12.1 Å². The van der Waals surface area contributed by atoms with Gasteiger partial charge >= 0.3 is 5.97 Å². The van der Waals surface area contributed by atoms with Crippen LogP contribution >= 0.6 is 0 Å². The van der Waals surface area contributed by atoms with Crippen molar-refractivity contribution >= 4 is 21.8 Å². The number of carbonyl (C=O) groups is 2. The molecular weight excluding hydrogens is 342 g/mol. The summed E-state index contributed by atoms with van der Waals surface area (Å²) in [5, 5.41) is 9.07. The van der Waals surface area contributed by atoms with Gasteiger partial charge in [0.15, 0.2) is 5.78 Å². The molecule has 0 radical (unpaired) electrons. The maximum absolute atomic E-state index is 12.9. The van der Waals surface area contributed by atoms with Gasteiger partial charge in [0.25, 0.3) is 0 Å². The third-order valence-corrected chi connectivity index (χ3v) is 6.16. The van der Waals surface area contributed by atoms with E-state index in [0.29, 0.717) is 18.4 Å². The van der Waals surface area contributed by atoms with Crippen molar-refractivity contribution in [1.82, 2.24) is 4.31 Å². The van der Waals surface area contributed by atoms with Gasteiger partial charge in [-0.2, -0.15) is 4.31 Å². The standard InChI is InChI=1S/C18H17NO5S/c20-17(13-6-2-1-3-7-13)16-10-5-11-19(16)25(23,24)15-9-4-8-14(12-15)18(21)22/h1-4,6-9,12,16H,5,10-11H2,(H,21,22). The Morgan fingerprint density at radius 1 is 1.00 bits per heavy atom. The molecule has 0 aliphatic carbocycles. The Bertz CT molecular complexity index is 908. The molecule has 130 valence electrons. The number of hydrogen-bond acceptors (Lipinski definition) is 4. The first kappa shape index (κ1) is 17.3. The van der Waals surface area contributed by atoms with Crippen molar-refractivity contribution in [3.8, 4) is 0 Å². The first-order valence-electron chi connectivity index (χ1n) is 7.86. The van der Waals surface area contributed by atoms with Crippen LogP contribution in [0.5, 0.6) is 0 Å². The van der Waals surface area contributed by atoms with Crippen LogP contribution in [-0.4, -0.2) is 42.2 Å². The normalized spacial score (nSPS) is 18.2. The van der Waals surface area contributed by atoms with Gasteiger partial charge in [-0.05, 0) is 31.0 Å². The number of benzene rings is 2. The summed E-state index contributed by atoms with van der Waals surface area (Å²) in [4.78, 5) is 23.7. The molecule has 1 saturated heterocycles. The van der Waals surface area contributed by atoms with Crippen LogP contribution in [0.2, 0.25) is 0 Å². The zero-order valence-electron chi connectivity index (χ0n) is 13.3. The number of rotatable bonds is 5. The Kier molecular flexibility index (Phi) is 4.69. The molecule has 0 saturated carbocycles. The molecule has 6 nitrogen and oxygen atoms in total. The predicted octanol–water partition coefficient (Wildman–Crippen LogP) is 2.42. The Morgan fingerprint density at radius 2 is 1.68 bits per heavy atom. The summed E-state index contributed by atoms with van der Waals surface area (Å²) >= 11 is 0. The van der Waals surface area contributed by atoms with Crippen molar-refractivity contribution in [1.29, 1.82) is 0 Å². The van der Waals surface area contributed by atoms with Gasteiger partial charge in [-0.25, -0.2) is 13.2 Å².